The van der Waals surface area contributed by atoms with Gasteiger partial charge in [-0.1, -0.05) is 38.1 Å². The molecule has 2 N–H and O–H groups in total. The van der Waals surface area contributed by atoms with Crippen molar-refractivity contribution in [3.63, 3.8) is 0 Å². The monoisotopic (exact) mass is 263 g/mol. The van der Waals surface area contributed by atoms with Crippen molar-refractivity contribution in [1.29, 1.82) is 0 Å². The standard InChI is InChI=1S/C16H25NO2/c1-13(2)12-14-4-6-15(7-5-14)16(8-9-17)18-10-3-11-19-16/h4-7,13H,3,8-12,17H2,1-2H3. The van der Waals surface area contributed by atoms with Crippen LogP contribution in [0.5, 0.6) is 0 Å². The van der Waals surface area contributed by atoms with Crippen molar-refractivity contribution < 1.29 is 9.47 Å². The van der Waals surface area contributed by atoms with Crippen LogP contribution in [-0.4, -0.2) is 19.8 Å². The Balaban J connectivity index is 2.17. The van der Waals surface area contributed by atoms with Crippen LogP contribution in [0.15, 0.2) is 24.3 Å². The first-order valence-corrected chi connectivity index (χ1v) is 7.24. The van der Waals surface area contributed by atoms with Gasteiger partial charge in [0.2, 0.25) is 0 Å². The molecule has 1 saturated heterocycles. The summed E-state index contributed by atoms with van der Waals surface area (Å²) in [6, 6.07) is 8.60. The quantitative estimate of drug-likeness (QED) is 0.888. The summed E-state index contributed by atoms with van der Waals surface area (Å²) in [6.07, 6.45) is 2.76. The van der Waals surface area contributed by atoms with Crippen LogP contribution >= 0.6 is 0 Å². The molecule has 1 aromatic carbocycles. The van der Waals surface area contributed by atoms with E-state index in [1.54, 1.807) is 0 Å². The molecule has 19 heavy (non-hydrogen) atoms. The zero-order valence-electron chi connectivity index (χ0n) is 12.0. The molecule has 0 radical (unpaired) electrons. The van der Waals surface area contributed by atoms with Crippen molar-refractivity contribution in [2.75, 3.05) is 19.8 Å². The Morgan fingerprint density at radius 2 is 1.79 bits per heavy atom. The Hall–Kier alpha value is -0.900. The second-order valence-electron chi connectivity index (χ2n) is 5.64. The van der Waals surface area contributed by atoms with Gasteiger partial charge in [0.15, 0.2) is 5.79 Å². The molecule has 3 nitrogen and oxygen atoms in total. The van der Waals surface area contributed by atoms with Crippen molar-refractivity contribution in [1.82, 2.24) is 0 Å². The minimum absolute atomic E-state index is 0.563. The van der Waals surface area contributed by atoms with Crippen LogP contribution in [0.2, 0.25) is 0 Å². The summed E-state index contributed by atoms with van der Waals surface area (Å²) in [7, 11) is 0. The van der Waals surface area contributed by atoms with Crippen LogP contribution in [0.1, 0.15) is 37.8 Å². The fourth-order valence-electron chi connectivity index (χ4n) is 2.59. The number of benzene rings is 1. The number of hydrogen-bond acceptors (Lipinski definition) is 3. The lowest BCUT2D eigenvalue weighted by molar-refractivity contribution is -0.278. The average Bonchev–Trinajstić information content (AvgIpc) is 2.40. The Kier molecular flexibility index (Phi) is 4.97. The van der Waals surface area contributed by atoms with Gasteiger partial charge in [-0.15, -0.1) is 0 Å². The molecule has 0 amide bonds. The van der Waals surface area contributed by atoms with Crippen molar-refractivity contribution in [2.24, 2.45) is 11.7 Å². The maximum Gasteiger partial charge on any atom is 0.195 e. The fourth-order valence-corrected chi connectivity index (χ4v) is 2.59. The zero-order valence-corrected chi connectivity index (χ0v) is 12.0. The number of nitrogens with two attached hydrogens (primary N) is 1. The minimum atomic E-state index is -0.622. The Morgan fingerprint density at radius 3 is 2.32 bits per heavy atom. The van der Waals surface area contributed by atoms with E-state index in [2.05, 4.69) is 38.1 Å². The lowest BCUT2D eigenvalue weighted by Crippen LogP contribution is -2.39. The molecule has 106 valence electrons. The smallest absolute Gasteiger partial charge is 0.195 e. The maximum absolute atomic E-state index is 5.91. The molecule has 0 aromatic heterocycles. The third-order valence-corrected chi connectivity index (χ3v) is 3.47. The van der Waals surface area contributed by atoms with Gasteiger partial charge in [-0.2, -0.15) is 0 Å². The normalized spacial score (nSPS) is 18.7. The summed E-state index contributed by atoms with van der Waals surface area (Å²) in [4.78, 5) is 0. The van der Waals surface area contributed by atoms with Crippen LogP contribution in [0.3, 0.4) is 0 Å². The third-order valence-electron chi connectivity index (χ3n) is 3.47. The van der Waals surface area contributed by atoms with E-state index in [1.165, 1.54) is 5.56 Å². The Morgan fingerprint density at radius 1 is 1.16 bits per heavy atom. The van der Waals surface area contributed by atoms with E-state index >= 15 is 0 Å². The molecule has 0 spiro atoms. The van der Waals surface area contributed by atoms with E-state index in [0.717, 1.165) is 31.6 Å². The summed E-state index contributed by atoms with van der Waals surface area (Å²) in [5.41, 5.74) is 8.16. The molecule has 1 fully saturated rings. The predicted molar refractivity (Wildman–Crippen MR) is 76.9 cm³/mol. The molecule has 3 heteroatoms. The SMILES string of the molecule is CC(C)Cc1ccc(C2(CCN)OCCCO2)cc1. The van der Waals surface area contributed by atoms with Crippen molar-refractivity contribution in [2.45, 2.75) is 38.9 Å². The molecule has 0 aliphatic carbocycles. The molecule has 0 atom stereocenters. The molecule has 2 rings (SSSR count). The summed E-state index contributed by atoms with van der Waals surface area (Å²) >= 11 is 0. The minimum Gasteiger partial charge on any atom is -0.346 e. The van der Waals surface area contributed by atoms with Crippen LogP contribution in [-0.2, 0) is 21.7 Å². The highest BCUT2D eigenvalue weighted by molar-refractivity contribution is 5.26. The second-order valence-corrected chi connectivity index (χ2v) is 5.64. The highest BCUT2D eigenvalue weighted by Crippen LogP contribution is 2.34. The van der Waals surface area contributed by atoms with Crippen LogP contribution in [0, 0.1) is 5.92 Å². The zero-order chi connectivity index (χ0) is 13.7. The Bertz CT molecular complexity index is 375. The molecule has 1 aromatic rings. The van der Waals surface area contributed by atoms with Crippen LogP contribution < -0.4 is 5.73 Å². The van der Waals surface area contributed by atoms with Gasteiger partial charge in [-0.25, -0.2) is 0 Å². The summed E-state index contributed by atoms with van der Waals surface area (Å²) in [6.45, 7) is 6.52. The van der Waals surface area contributed by atoms with Crippen LogP contribution in [0.4, 0.5) is 0 Å². The first-order chi connectivity index (χ1) is 9.16. The summed E-state index contributed by atoms with van der Waals surface area (Å²) in [5.74, 6) is 0.0506. The number of hydrogen-bond donors (Lipinski definition) is 1. The highest BCUT2D eigenvalue weighted by atomic mass is 16.7. The lowest BCUT2D eigenvalue weighted by atomic mass is 9.97. The average molecular weight is 263 g/mol. The van der Waals surface area contributed by atoms with Gasteiger partial charge in [0.1, 0.15) is 0 Å². The van der Waals surface area contributed by atoms with Crippen LogP contribution in [0.25, 0.3) is 0 Å². The molecule has 1 aliphatic heterocycles. The van der Waals surface area contributed by atoms with E-state index in [1.807, 2.05) is 0 Å². The molecule has 1 aliphatic rings. The third kappa shape index (κ3) is 3.56. The molecule has 0 saturated carbocycles. The van der Waals surface area contributed by atoms with E-state index in [4.69, 9.17) is 15.2 Å². The predicted octanol–water partition coefficient (Wildman–Crippen LogP) is 2.82. The van der Waals surface area contributed by atoms with Gasteiger partial charge < -0.3 is 15.2 Å². The van der Waals surface area contributed by atoms with Crippen molar-refractivity contribution in [3.8, 4) is 0 Å². The van der Waals surface area contributed by atoms with Crippen molar-refractivity contribution in [3.05, 3.63) is 35.4 Å². The second kappa shape index (κ2) is 6.51. The summed E-state index contributed by atoms with van der Waals surface area (Å²) < 4.78 is 11.8. The lowest BCUT2D eigenvalue weighted by Gasteiger charge is -2.37. The van der Waals surface area contributed by atoms with E-state index in [0.29, 0.717) is 18.9 Å². The molecule has 1 heterocycles. The van der Waals surface area contributed by atoms with Gasteiger partial charge >= 0.3 is 0 Å². The first kappa shape index (κ1) is 14.5. The first-order valence-electron chi connectivity index (χ1n) is 7.24. The fraction of sp³-hybridized carbons (Fsp3) is 0.625. The largest absolute Gasteiger partial charge is 0.346 e. The Labute approximate surface area is 116 Å². The number of ether oxygens (including phenoxy) is 2. The van der Waals surface area contributed by atoms with E-state index in [-0.39, 0.29) is 0 Å². The van der Waals surface area contributed by atoms with Gasteiger partial charge in [-0.3, -0.25) is 0 Å². The van der Waals surface area contributed by atoms with Gasteiger partial charge in [0.25, 0.3) is 0 Å². The maximum atomic E-state index is 5.91. The van der Waals surface area contributed by atoms with Gasteiger partial charge in [-0.05, 0) is 30.9 Å². The molecule has 0 unspecified atom stereocenters. The van der Waals surface area contributed by atoms with Gasteiger partial charge in [0, 0.05) is 12.0 Å². The summed E-state index contributed by atoms with van der Waals surface area (Å²) in [5, 5.41) is 0. The van der Waals surface area contributed by atoms with Gasteiger partial charge in [0.05, 0.1) is 13.2 Å². The highest BCUT2D eigenvalue weighted by Gasteiger charge is 2.35. The number of rotatable bonds is 5. The van der Waals surface area contributed by atoms with E-state index in [9.17, 15) is 0 Å². The topological polar surface area (TPSA) is 44.5 Å². The molecular formula is C16H25NO2. The molecule has 0 bridgehead atoms. The van der Waals surface area contributed by atoms with Crippen molar-refractivity contribution >= 4 is 0 Å². The molecular weight excluding hydrogens is 238 g/mol. The van der Waals surface area contributed by atoms with E-state index < -0.39 is 5.79 Å².